The van der Waals surface area contributed by atoms with Gasteiger partial charge in [-0.25, -0.2) is 4.98 Å². The van der Waals surface area contributed by atoms with Gasteiger partial charge in [-0.1, -0.05) is 13.8 Å². The number of nitriles is 1. The van der Waals surface area contributed by atoms with Crippen molar-refractivity contribution in [2.24, 2.45) is 0 Å². The minimum Gasteiger partial charge on any atom is -0.396 e. The molecule has 1 rings (SSSR count). The number of anilines is 1. The molecule has 1 aromatic rings. The van der Waals surface area contributed by atoms with E-state index in [2.05, 4.69) is 18.8 Å². The molecule has 68 valence electrons. The molecule has 0 aliphatic carbocycles. The molecule has 0 saturated carbocycles. The number of pyridine rings is 1. The summed E-state index contributed by atoms with van der Waals surface area (Å²) in [5.41, 5.74) is 6.29. The molecule has 1 heterocycles. The Balaban J connectivity index is 2.95. The molecule has 0 aliphatic heterocycles. The summed E-state index contributed by atoms with van der Waals surface area (Å²) < 4.78 is 0. The molecule has 0 aliphatic rings. The van der Waals surface area contributed by atoms with Gasteiger partial charge >= 0.3 is 0 Å². The summed E-state index contributed by atoms with van der Waals surface area (Å²) in [6, 6.07) is 5.51. The maximum Gasteiger partial charge on any atom is 0.164 e. The lowest BCUT2D eigenvalue weighted by molar-refractivity contribution is 1.06. The van der Waals surface area contributed by atoms with E-state index in [1.54, 1.807) is 17.8 Å². The smallest absolute Gasteiger partial charge is 0.164 e. The van der Waals surface area contributed by atoms with Gasteiger partial charge in [-0.05, 0) is 12.1 Å². The quantitative estimate of drug-likeness (QED) is 0.730. The van der Waals surface area contributed by atoms with Gasteiger partial charge in [0.15, 0.2) is 5.69 Å². The first-order valence-electron chi connectivity index (χ1n) is 3.96. The predicted octanol–water partition coefficient (Wildman–Crippen LogP) is 2.04. The molecular formula is C9H11N3S. The molecule has 0 atom stereocenters. The standard InChI is InChI=1S/C9H11N3S/c1-6(2)13-9-4-3-7(11)8(5-10)12-9/h3-4,6H,11H2,1-2H3. The Morgan fingerprint density at radius 3 is 2.77 bits per heavy atom. The van der Waals surface area contributed by atoms with Crippen LogP contribution in [-0.4, -0.2) is 10.2 Å². The zero-order valence-corrected chi connectivity index (χ0v) is 8.43. The largest absolute Gasteiger partial charge is 0.396 e. The highest BCUT2D eigenvalue weighted by Crippen LogP contribution is 2.22. The van der Waals surface area contributed by atoms with Crippen molar-refractivity contribution in [1.29, 1.82) is 5.26 Å². The van der Waals surface area contributed by atoms with Gasteiger partial charge in [-0.15, -0.1) is 11.8 Å². The summed E-state index contributed by atoms with van der Waals surface area (Å²) in [6.07, 6.45) is 0. The molecule has 0 saturated heterocycles. The van der Waals surface area contributed by atoms with E-state index in [4.69, 9.17) is 11.0 Å². The second kappa shape index (κ2) is 4.15. The topological polar surface area (TPSA) is 62.7 Å². The maximum absolute atomic E-state index is 8.68. The number of thioether (sulfide) groups is 1. The average Bonchev–Trinajstić information content (AvgIpc) is 2.07. The van der Waals surface area contributed by atoms with Crippen molar-refractivity contribution in [2.75, 3.05) is 5.73 Å². The van der Waals surface area contributed by atoms with Gasteiger partial charge < -0.3 is 5.73 Å². The number of nitrogens with two attached hydrogens (primary N) is 1. The van der Waals surface area contributed by atoms with Crippen LogP contribution >= 0.6 is 11.8 Å². The number of hydrogen-bond donors (Lipinski definition) is 1. The number of hydrogen-bond acceptors (Lipinski definition) is 4. The van der Waals surface area contributed by atoms with Gasteiger partial charge in [-0.3, -0.25) is 0 Å². The van der Waals surface area contributed by atoms with E-state index in [0.29, 0.717) is 16.6 Å². The summed E-state index contributed by atoms with van der Waals surface area (Å²) in [6.45, 7) is 4.16. The fraction of sp³-hybridized carbons (Fsp3) is 0.333. The van der Waals surface area contributed by atoms with Crippen molar-refractivity contribution in [3.8, 4) is 6.07 Å². The lowest BCUT2D eigenvalue weighted by Gasteiger charge is -2.04. The Kier molecular flexibility index (Phi) is 3.15. The van der Waals surface area contributed by atoms with Crippen LogP contribution in [0.1, 0.15) is 19.5 Å². The van der Waals surface area contributed by atoms with Gasteiger partial charge in [0, 0.05) is 5.25 Å². The Morgan fingerprint density at radius 2 is 2.23 bits per heavy atom. The molecule has 0 fully saturated rings. The van der Waals surface area contributed by atoms with E-state index >= 15 is 0 Å². The molecule has 0 unspecified atom stereocenters. The third-order valence-corrected chi connectivity index (χ3v) is 2.30. The molecule has 13 heavy (non-hydrogen) atoms. The van der Waals surface area contributed by atoms with Crippen LogP contribution in [0.25, 0.3) is 0 Å². The van der Waals surface area contributed by atoms with E-state index < -0.39 is 0 Å². The van der Waals surface area contributed by atoms with Crippen LogP contribution in [-0.2, 0) is 0 Å². The molecule has 0 aromatic carbocycles. The van der Waals surface area contributed by atoms with Crippen LogP contribution in [0.4, 0.5) is 5.69 Å². The zero-order valence-electron chi connectivity index (χ0n) is 7.61. The predicted molar refractivity (Wildman–Crippen MR) is 54.4 cm³/mol. The van der Waals surface area contributed by atoms with Crippen molar-refractivity contribution in [1.82, 2.24) is 4.98 Å². The van der Waals surface area contributed by atoms with Crippen LogP contribution in [0.5, 0.6) is 0 Å². The molecule has 1 aromatic heterocycles. The highest BCUT2D eigenvalue weighted by molar-refractivity contribution is 7.99. The van der Waals surface area contributed by atoms with Crippen molar-refractivity contribution in [2.45, 2.75) is 24.1 Å². The number of nitrogens with zero attached hydrogens (tertiary/aromatic N) is 2. The average molecular weight is 193 g/mol. The summed E-state index contributed by atoms with van der Waals surface area (Å²) in [5, 5.41) is 9.98. The zero-order chi connectivity index (χ0) is 9.84. The molecule has 4 heteroatoms. The second-order valence-corrected chi connectivity index (χ2v) is 4.46. The lowest BCUT2D eigenvalue weighted by Crippen LogP contribution is -1.96. The number of aromatic nitrogens is 1. The molecule has 0 radical (unpaired) electrons. The molecule has 0 spiro atoms. The Morgan fingerprint density at radius 1 is 1.54 bits per heavy atom. The highest BCUT2D eigenvalue weighted by atomic mass is 32.2. The minimum absolute atomic E-state index is 0.311. The highest BCUT2D eigenvalue weighted by Gasteiger charge is 2.03. The van der Waals surface area contributed by atoms with Gasteiger partial charge in [0.2, 0.25) is 0 Å². The van der Waals surface area contributed by atoms with Crippen LogP contribution in [0, 0.1) is 11.3 Å². The van der Waals surface area contributed by atoms with E-state index in [-0.39, 0.29) is 0 Å². The normalized spacial score (nSPS) is 10.0. The first-order valence-corrected chi connectivity index (χ1v) is 4.84. The van der Waals surface area contributed by atoms with Crippen molar-refractivity contribution < 1.29 is 0 Å². The van der Waals surface area contributed by atoms with E-state index in [1.807, 2.05) is 12.1 Å². The fourth-order valence-electron chi connectivity index (χ4n) is 0.849. The first kappa shape index (κ1) is 9.87. The van der Waals surface area contributed by atoms with Gasteiger partial charge in [0.25, 0.3) is 0 Å². The molecule has 2 N–H and O–H groups in total. The SMILES string of the molecule is CC(C)Sc1ccc(N)c(C#N)n1. The molecule has 0 amide bonds. The molecule has 0 bridgehead atoms. The maximum atomic E-state index is 8.68. The first-order chi connectivity index (χ1) is 6.13. The van der Waals surface area contributed by atoms with Crippen LogP contribution in [0.15, 0.2) is 17.2 Å². The van der Waals surface area contributed by atoms with Crippen LogP contribution < -0.4 is 5.73 Å². The summed E-state index contributed by atoms with van der Waals surface area (Å²) in [4.78, 5) is 4.11. The fourth-order valence-corrected chi connectivity index (χ4v) is 1.62. The van der Waals surface area contributed by atoms with Gasteiger partial charge in [-0.2, -0.15) is 5.26 Å². The molecule has 3 nitrogen and oxygen atoms in total. The van der Waals surface area contributed by atoms with E-state index in [0.717, 1.165) is 5.03 Å². The monoisotopic (exact) mass is 193 g/mol. The summed E-state index contributed by atoms with van der Waals surface area (Å²) in [5.74, 6) is 0. The third-order valence-electron chi connectivity index (χ3n) is 1.36. The lowest BCUT2D eigenvalue weighted by atomic mass is 10.3. The van der Waals surface area contributed by atoms with Crippen molar-refractivity contribution >= 4 is 17.4 Å². The number of rotatable bonds is 2. The summed E-state index contributed by atoms with van der Waals surface area (Å²) in [7, 11) is 0. The second-order valence-electron chi connectivity index (χ2n) is 2.87. The van der Waals surface area contributed by atoms with Gasteiger partial charge in [0.05, 0.1) is 10.7 Å². The third kappa shape index (κ3) is 2.63. The van der Waals surface area contributed by atoms with Crippen LogP contribution in [0.2, 0.25) is 0 Å². The van der Waals surface area contributed by atoms with Crippen LogP contribution in [0.3, 0.4) is 0 Å². The van der Waals surface area contributed by atoms with E-state index in [1.165, 1.54) is 0 Å². The minimum atomic E-state index is 0.311. The molecular weight excluding hydrogens is 182 g/mol. The number of nitrogen functional groups attached to an aromatic ring is 1. The Bertz CT molecular complexity index is 341. The van der Waals surface area contributed by atoms with Crippen molar-refractivity contribution in [3.05, 3.63) is 17.8 Å². The Labute approximate surface area is 82.0 Å². The van der Waals surface area contributed by atoms with E-state index in [9.17, 15) is 0 Å². The Hall–Kier alpha value is -1.21. The summed E-state index contributed by atoms with van der Waals surface area (Å²) >= 11 is 1.62. The van der Waals surface area contributed by atoms with Crippen molar-refractivity contribution in [3.63, 3.8) is 0 Å². The van der Waals surface area contributed by atoms with Gasteiger partial charge in [0.1, 0.15) is 6.07 Å².